The second-order valence-corrected chi connectivity index (χ2v) is 10.5. The van der Waals surface area contributed by atoms with Crippen LogP contribution in [0.4, 0.5) is 42.1 Å². The van der Waals surface area contributed by atoms with Crippen LogP contribution in [0.5, 0.6) is 0 Å². The van der Waals surface area contributed by atoms with Gasteiger partial charge in [0.05, 0.1) is 11.3 Å². The first-order valence-corrected chi connectivity index (χ1v) is 12.6. The molecule has 1 aromatic heterocycles. The molecular formula is C22H11Br2ClF7N3O2S. The van der Waals surface area contributed by atoms with E-state index in [4.69, 9.17) is 11.6 Å². The van der Waals surface area contributed by atoms with Crippen molar-refractivity contribution in [3.8, 4) is 0 Å². The lowest BCUT2D eigenvalue weighted by atomic mass is 10.1. The van der Waals surface area contributed by atoms with E-state index in [0.29, 0.717) is 0 Å². The molecule has 2 amide bonds. The van der Waals surface area contributed by atoms with E-state index >= 15 is 0 Å². The molecule has 202 valence electrons. The molecule has 1 heterocycles. The van der Waals surface area contributed by atoms with Gasteiger partial charge in [-0.05, 0) is 86.1 Å². The Morgan fingerprint density at radius 1 is 0.868 bits per heavy atom. The third-order valence-corrected chi connectivity index (χ3v) is 7.14. The third kappa shape index (κ3) is 6.61. The van der Waals surface area contributed by atoms with Gasteiger partial charge in [-0.15, -0.1) is 0 Å². The maximum absolute atomic E-state index is 13.8. The van der Waals surface area contributed by atoms with E-state index in [0.717, 1.165) is 12.1 Å². The molecule has 2 N–H and O–H groups in total. The predicted octanol–water partition coefficient (Wildman–Crippen LogP) is 8.65. The molecule has 0 bridgehead atoms. The molecule has 0 unspecified atom stereocenters. The van der Waals surface area contributed by atoms with E-state index in [2.05, 4.69) is 47.5 Å². The standard InChI is InChI=1S/C22H11Br2ClF7N3O2S/c23-14-8-12(38-22(31,32)20(26,27)21(28,29)30)9-15(24)16(14)35-18(36)10-3-1-4-11(7-10)34-19(37)13-5-2-6-33-17(13)25/h1-9H,(H,34,37)(H,35,36). The molecule has 2 aromatic carbocycles. The number of thioether (sulfide) groups is 1. The summed E-state index contributed by atoms with van der Waals surface area (Å²) in [4.78, 5) is 28.4. The largest absolute Gasteiger partial charge is 0.460 e. The Balaban J connectivity index is 1.78. The molecule has 0 saturated carbocycles. The first-order chi connectivity index (χ1) is 17.5. The number of anilines is 2. The van der Waals surface area contributed by atoms with Crippen molar-refractivity contribution in [1.29, 1.82) is 0 Å². The van der Waals surface area contributed by atoms with E-state index in [1.807, 2.05) is 0 Å². The Morgan fingerprint density at radius 3 is 2.08 bits per heavy atom. The van der Waals surface area contributed by atoms with Crippen LogP contribution in [0.1, 0.15) is 20.7 Å². The van der Waals surface area contributed by atoms with Gasteiger partial charge in [0.1, 0.15) is 5.15 Å². The average molecular weight is 710 g/mol. The van der Waals surface area contributed by atoms with Crippen LogP contribution < -0.4 is 10.6 Å². The summed E-state index contributed by atoms with van der Waals surface area (Å²) >= 11 is 10.9. The number of hydrogen-bond acceptors (Lipinski definition) is 4. The molecule has 3 aromatic rings. The monoisotopic (exact) mass is 707 g/mol. The van der Waals surface area contributed by atoms with Crippen LogP contribution >= 0.6 is 55.2 Å². The lowest BCUT2D eigenvalue weighted by Gasteiger charge is -2.27. The van der Waals surface area contributed by atoms with Crippen molar-refractivity contribution in [2.75, 3.05) is 10.6 Å². The molecule has 16 heteroatoms. The number of hydrogen-bond donors (Lipinski definition) is 2. The molecular weight excluding hydrogens is 699 g/mol. The summed E-state index contributed by atoms with van der Waals surface area (Å²) in [6.45, 7) is 0. The molecule has 0 aliphatic rings. The summed E-state index contributed by atoms with van der Waals surface area (Å²) in [7, 11) is 0. The molecule has 0 aliphatic heterocycles. The van der Waals surface area contributed by atoms with Crippen molar-refractivity contribution in [3.63, 3.8) is 0 Å². The Morgan fingerprint density at radius 2 is 1.50 bits per heavy atom. The first-order valence-electron chi connectivity index (χ1n) is 9.87. The molecule has 0 fully saturated rings. The number of carbonyl (C=O) groups is 2. The maximum atomic E-state index is 13.8. The van der Waals surface area contributed by atoms with Gasteiger partial charge in [0.15, 0.2) is 0 Å². The number of alkyl halides is 7. The number of carbonyl (C=O) groups excluding carboxylic acids is 2. The van der Waals surface area contributed by atoms with Crippen molar-refractivity contribution in [2.45, 2.75) is 22.2 Å². The lowest BCUT2D eigenvalue weighted by Crippen LogP contribution is -2.49. The summed E-state index contributed by atoms with van der Waals surface area (Å²) in [6, 6.07) is 10.3. The van der Waals surface area contributed by atoms with Gasteiger partial charge in [0, 0.05) is 31.3 Å². The first kappa shape index (κ1) is 30.2. The summed E-state index contributed by atoms with van der Waals surface area (Å²) in [6.07, 6.45) is -5.07. The minimum atomic E-state index is -6.47. The highest BCUT2D eigenvalue weighted by atomic mass is 79.9. The fourth-order valence-electron chi connectivity index (χ4n) is 2.78. The van der Waals surface area contributed by atoms with Crippen molar-refractivity contribution in [2.24, 2.45) is 0 Å². The van der Waals surface area contributed by atoms with Gasteiger partial charge in [-0.3, -0.25) is 9.59 Å². The molecule has 0 saturated heterocycles. The van der Waals surface area contributed by atoms with Crippen LogP contribution in [0.3, 0.4) is 0 Å². The summed E-state index contributed by atoms with van der Waals surface area (Å²) in [5.74, 6) is -7.61. The highest BCUT2D eigenvalue weighted by Crippen LogP contribution is 2.54. The van der Waals surface area contributed by atoms with Gasteiger partial charge in [-0.25, -0.2) is 4.98 Å². The maximum Gasteiger partial charge on any atom is 0.460 e. The summed E-state index contributed by atoms with van der Waals surface area (Å²) < 4.78 is 91.2. The Labute approximate surface area is 235 Å². The van der Waals surface area contributed by atoms with E-state index in [1.165, 1.54) is 42.6 Å². The van der Waals surface area contributed by atoms with Crippen LogP contribution in [0.25, 0.3) is 0 Å². The Hall–Kier alpha value is -2.36. The van der Waals surface area contributed by atoms with Gasteiger partial charge in [-0.2, -0.15) is 30.7 Å². The third-order valence-electron chi connectivity index (χ3n) is 4.61. The van der Waals surface area contributed by atoms with Crippen molar-refractivity contribution in [1.82, 2.24) is 4.98 Å². The van der Waals surface area contributed by atoms with Crippen LogP contribution in [-0.4, -0.2) is 34.2 Å². The summed E-state index contributed by atoms with van der Waals surface area (Å²) in [5, 5.41) is -0.531. The van der Waals surface area contributed by atoms with Gasteiger partial charge in [0.25, 0.3) is 11.8 Å². The number of amides is 2. The van der Waals surface area contributed by atoms with Crippen molar-refractivity contribution < 1.29 is 40.3 Å². The van der Waals surface area contributed by atoms with Crippen LogP contribution in [-0.2, 0) is 0 Å². The SMILES string of the molecule is O=C(Nc1c(Br)cc(SC(F)(F)C(F)(F)C(F)(F)F)cc1Br)c1cccc(NC(=O)c2cccnc2Cl)c1. The predicted molar refractivity (Wildman–Crippen MR) is 135 cm³/mol. The van der Waals surface area contributed by atoms with Crippen LogP contribution in [0.15, 0.2) is 68.6 Å². The van der Waals surface area contributed by atoms with Gasteiger partial charge >= 0.3 is 17.4 Å². The van der Waals surface area contributed by atoms with E-state index < -0.39 is 45.8 Å². The zero-order valence-electron chi connectivity index (χ0n) is 18.1. The fraction of sp³-hybridized carbons (Fsp3) is 0.136. The quantitative estimate of drug-likeness (QED) is 0.146. The summed E-state index contributed by atoms with van der Waals surface area (Å²) in [5.41, 5.74) is 0.337. The molecule has 0 radical (unpaired) electrons. The zero-order chi connectivity index (χ0) is 28.5. The smallest absolute Gasteiger partial charge is 0.322 e. The molecule has 0 spiro atoms. The molecule has 5 nitrogen and oxygen atoms in total. The minimum absolute atomic E-state index is 0.0261. The lowest BCUT2D eigenvalue weighted by molar-refractivity contribution is -0.330. The van der Waals surface area contributed by atoms with Crippen molar-refractivity contribution >= 4 is 78.4 Å². The van der Waals surface area contributed by atoms with Gasteiger partial charge < -0.3 is 10.6 Å². The van der Waals surface area contributed by atoms with Crippen LogP contribution in [0, 0.1) is 0 Å². The average Bonchev–Trinajstić information content (AvgIpc) is 2.80. The van der Waals surface area contributed by atoms with E-state index in [9.17, 15) is 40.3 Å². The fourth-order valence-corrected chi connectivity index (χ4v) is 5.57. The number of pyridine rings is 1. The Bertz CT molecular complexity index is 1370. The molecule has 0 aliphatic carbocycles. The van der Waals surface area contributed by atoms with Crippen molar-refractivity contribution in [3.05, 3.63) is 80.0 Å². The van der Waals surface area contributed by atoms with E-state index in [-0.39, 0.29) is 36.6 Å². The molecule has 0 atom stereocenters. The second kappa shape index (κ2) is 11.4. The number of benzene rings is 2. The number of halogens is 10. The number of nitrogens with one attached hydrogen (secondary N) is 2. The normalized spacial score (nSPS) is 12.3. The van der Waals surface area contributed by atoms with Crippen LogP contribution in [0.2, 0.25) is 5.15 Å². The minimum Gasteiger partial charge on any atom is -0.322 e. The highest BCUT2D eigenvalue weighted by molar-refractivity contribution is 9.11. The van der Waals surface area contributed by atoms with Gasteiger partial charge in [-0.1, -0.05) is 17.7 Å². The number of nitrogens with zero attached hydrogens (tertiary/aromatic N) is 1. The highest BCUT2D eigenvalue weighted by Gasteiger charge is 2.73. The van der Waals surface area contributed by atoms with E-state index in [1.54, 1.807) is 0 Å². The molecule has 3 rings (SSSR count). The number of aromatic nitrogens is 1. The molecule has 38 heavy (non-hydrogen) atoms. The zero-order valence-corrected chi connectivity index (χ0v) is 22.9. The second-order valence-electron chi connectivity index (χ2n) is 7.28. The van der Waals surface area contributed by atoms with Gasteiger partial charge in [0.2, 0.25) is 0 Å². The topological polar surface area (TPSA) is 71.1 Å². The number of rotatable bonds is 7. The Kier molecular flexibility index (Phi) is 9.06.